The second-order valence-electron chi connectivity index (χ2n) is 7.24. The molecule has 3 heterocycles. The Morgan fingerprint density at radius 3 is 2.80 bits per heavy atom. The van der Waals surface area contributed by atoms with Crippen LogP contribution in [0.5, 0.6) is 0 Å². The van der Waals surface area contributed by atoms with Crippen molar-refractivity contribution in [1.29, 1.82) is 0 Å². The van der Waals surface area contributed by atoms with Crippen LogP contribution in [0.15, 0.2) is 18.6 Å². The van der Waals surface area contributed by atoms with Crippen LogP contribution in [0.4, 0.5) is 10.6 Å². The molecule has 2 aromatic rings. The number of amides is 1. The lowest BCUT2D eigenvalue weighted by molar-refractivity contribution is 0.0257. The van der Waals surface area contributed by atoms with Crippen LogP contribution >= 0.6 is 0 Å². The number of nitrogens with one attached hydrogen (secondary N) is 1. The molecule has 1 fully saturated rings. The van der Waals surface area contributed by atoms with Gasteiger partial charge in [-0.2, -0.15) is 0 Å². The summed E-state index contributed by atoms with van der Waals surface area (Å²) in [6.45, 7) is 8.57. The summed E-state index contributed by atoms with van der Waals surface area (Å²) in [6, 6.07) is 1.98. The summed E-state index contributed by atoms with van der Waals surface area (Å²) in [6.07, 6.45) is 4.07. The average molecular weight is 346 g/mol. The Kier molecular flexibility index (Phi) is 4.80. The van der Waals surface area contributed by atoms with Gasteiger partial charge in [-0.05, 0) is 33.3 Å². The van der Waals surface area contributed by atoms with Crippen molar-refractivity contribution in [1.82, 2.24) is 24.9 Å². The van der Waals surface area contributed by atoms with Gasteiger partial charge >= 0.3 is 6.09 Å². The molecular weight excluding hydrogens is 320 g/mol. The SMILES string of the molecule is CN(c1ncnc2[nH]ccc12)N1CCCN(C(=O)OC(C)(C)C)CC1. The summed E-state index contributed by atoms with van der Waals surface area (Å²) in [7, 11) is 2.00. The van der Waals surface area contributed by atoms with E-state index >= 15 is 0 Å². The number of aromatic nitrogens is 3. The van der Waals surface area contributed by atoms with Crippen molar-refractivity contribution >= 4 is 22.9 Å². The summed E-state index contributed by atoms with van der Waals surface area (Å²) in [5.74, 6) is 0.858. The van der Waals surface area contributed by atoms with Crippen LogP contribution in [0.2, 0.25) is 0 Å². The highest BCUT2D eigenvalue weighted by atomic mass is 16.6. The molecule has 0 spiro atoms. The number of hydrogen-bond donors (Lipinski definition) is 1. The minimum atomic E-state index is -0.472. The second kappa shape index (κ2) is 6.87. The first-order valence-corrected chi connectivity index (χ1v) is 8.60. The molecule has 8 heteroatoms. The third-order valence-corrected chi connectivity index (χ3v) is 4.19. The Labute approximate surface area is 147 Å². The number of carbonyl (C=O) groups excluding carboxylic acids is 1. The van der Waals surface area contributed by atoms with Crippen molar-refractivity contribution in [3.8, 4) is 0 Å². The number of rotatable bonds is 2. The molecule has 1 aliphatic rings. The Morgan fingerprint density at radius 1 is 1.24 bits per heavy atom. The number of aromatic amines is 1. The quantitative estimate of drug-likeness (QED) is 0.899. The van der Waals surface area contributed by atoms with Gasteiger partial charge in [0.2, 0.25) is 0 Å². The molecular formula is C17H26N6O2. The van der Waals surface area contributed by atoms with Gasteiger partial charge < -0.3 is 14.6 Å². The molecule has 0 bridgehead atoms. The van der Waals surface area contributed by atoms with Crippen molar-refractivity contribution in [2.45, 2.75) is 32.8 Å². The van der Waals surface area contributed by atoms with E-state index in [-0.39, 0.29) is 6.09 Å². The first kappa shape index (κ1) is 17.5. The fraction of sp³-hybridized carbons (Fsp3) is 0.588. The minimum absolute atomic E-state index is 0.243. The molecule has 0 atom stereocenters. The zero-order valence-electron chi connectivity index (χ0n) is 15.3. The summed E-state index contributed by atoms with van der Waals surface area (Å²) >= 11 is 0. The van der Waals surface area contributed by atoms with Crippen LogP contribution in [0.25, 0.3) is 11.0 Å². The number of hydrogen-bond acceptors (Lipinski definition) is 6. The van der Waals surface area contributed by atoms with Crippen LogP contribution < -0.4 is 5.01 Å². The van der Waals surface area contributed by atoms with Gasteiger partial charge in [0.25, 0.3) is 0 Å². The molecule has 8 nitrogen and oxygen atoms in total. The molecule has 1 aliphatic heterocycles. The van der Waals surface area contributed by atoms with Crippen molar-refractivity contribution in [3.63, 3.8) is 0 Å². The maximum Gasteiger partial charge on any atom is 0.410 e. The van der Waals surface area contributed by atoms with Gasteiger partial charge in [0.1, 0.15) is 17.6 Å². The van der Waals surface area contributed by atoms with Gasteiger partial charge in [-0.1, -0.05) is 0 Å². The molecule has 136 valence electrons. The van der Waals surface area contributed by atoms with Crippen molar-refractivity contribution in [3.05, 3.63) is 18.6 Å². The number of anilines is 1. The zero-order chi connectivity index (χ0) is 18.0. The van der Waals surface area contributed by atoms with Crippen LogP contribution in [-0.4, -0.2) is 69.8 Å². The maximum absolute atomic E-state index is 12.3. The zero-order valence-corrected chi connectivity index (χ0v) is 15.3. The van der Waals surface area contributed by atoms with Crippen LogP contribution in [-0.2, 0) is 4.74 Å². The number of fused-ring (bicyclic) bond motifs is 1. The Balaban J connectivity index is 1.68. The van der Waals surface area contributed by atoms with E-state index in [1.54, 1.807) is 11.2 Å². The number of H-pyrrole nitrogens is 1. The second-order valence-corrected chi connectivity index (χ2v) is 7.24. The predicted octanol–water partition coefficient (Wildman–Crippen LogP) is 2.25. The van der Waals surface area contributed by atoms with Crippen LogP contribution in [0.1, 0.15) is 27.2 Å². The van der Waals surface area contributed by atoms with Gasteiger partial charge in [0.15, 0.2) is 5.82 Å². The summed E-state index contributed by atoms with van der Waals surface area (Å²) in [5, 5.41) is 5.24. The Morgan fingerprint density at radius 2 is 2.04 bits per heavy atom. The molecule has 1 amide bonds. The molecule has 3 rings (SSSR count). The third-order valence-electron chi connectivity index (χ3n) is 4.19. The highest BCUT2D eigenvalue weighted by Crippen LogP contribution is 2.23. The van der Waals surface area contributed by atoms with E-state index in [9.17, 15) is 4.79 Å². The Hall–Kier alpha value is -2.35. The predicted molar refractivity (Wildman–Crippen MR) is 96.3 cm³/mol. The monoisotopic (exact) mass is 346 g/mol. The van der Waals surface area contributed by atoms with E-state index in [2.05, 4.69) is 25.0 Å². The fourth-order valence-electron chi connectivity index (χ4n) is 2.96. The lowest BCUT2D eigenvalue weighted by Crippen LogP contribution is -2.44. The highest BCUT2D eigenvalue weighted by molar-refractivity contribution is 5.86. The van der Waals surface area contributed by atoms with Gasteiger partial charge in [0, 0.05) is 39.4 Å². The van der Waals surface area contributed by atoms with Gasteiger partial charge in [0.05, 0.1) is 5.39 Å². The Bertz CT molecular complexity index is 738. The first-order chi connectivity index (χ1) is 11.8. The highest BCUT2D eigenvalue weighted by Gasteiger charge is 2.26. The number of carbonyl (C=O) groups is 1. The van der Waals surface area contributed by atoms with Crippen molar-refractivity contribution in [2.24, 2.45) is 0 Å². The summed E-state index contributed by atoms with van der Waals surface area (Å²) in [5.41, 5.74) is 0.350. The normalized spacial score (nSPS) is 16.7. The lowest BCUT2D eigenvalue weighted by atomic mass is 10.2. The van der Waals surface area contributed by atoms with Gasteiger partial charge in [-0.25, -0.2) is 19.8 Å². The van der Waals surface area contributed by atoms with Crippen molar-refractivity contribution in [2.75, 3.05) is 38.2 Å². The van der Waals surface area contributed by atoms with E-state index < -0.39 is 5.60 Å². The van der Waals surface area contributed by atoms with E-state index in [1.165, 1.54) is 0 Å². The standard InChI is InChI=1S/C17H26N6O2/c1-17(2,3)25-16(24)22-8-5-9-23(11-10-22)21(4)15-13-6-7-18-14(13)19-12-20-15/h6-7,12H,5,8-11H2,1-4H3,(H,18,19,20). The fourth-order valence-corrected chi connectivity index (χ4v) is 2.96. The molecule has 0 radical (unpaired) electrons. The molecule has 0 aromatic carbocycles. The van der Waals surface area contributed by atoms with E-state index in [0.29, 0.717) is 13.1 Å². The third kappa shape index (κ3) is 4.01. The number of nitrogens with zero attached hydrogens (tertiary/aromatic N) is 5. The molecule has 0 saturated carbocycles. The topological polar surface area (TPSA) is 77.6 Å². The average Bonchev–Trinajstić information content (AvgIpc) is 2.88. The molecule has 25 heavy (non-hydrogen) atoms. The van der Waals surface area contributed by atoms with Crippen LogP contribution in [0.3, 0.4) is 0 Å². The smallest absolute Gasteiger partial charge is 0.410 e. The van der Waals surface area contributed by atoms with Gasteiger partial charge in [-0.15, -0.1) is 0 Å². The molecule has 0 aliphatic carbocycles. The summed E-state index contributed by atoms with van der Waals surface area (Å²) in [4.78, 5) is 25.9. The van der Waals surface area contributed by atoms with Crippen molar-refractivity contribution < 1.29 is 9.53 Å². The molecule has 2 aromatic heterocycles. The van der Waals surface area contributed by atoms with Gasteiger partial charge in [-0.3, -0.25) is 5.01 Å². The number of ether oxygens (including phenoxy) is 1. The van der Waals surface area contributed by atoms with E-state index in [1.807, 2.05) is 40.1 Å². The van der Waals surface area contributed by atoms with E-state index in [4.69, 9.17) is 4.74 Å². The first-order valence-electron chi connectivity index (χ1n) is 8.60. The van der Waals surface area contributed by atoms with Crippen LogP contribution in [0, 0.1) is 0 Å². The molecule has 0 unspecified atom stereocenters. The minimum Gasteiger partial charge on any atom is -0.444 e. The number of hydrazine groups is 1. The van der Waals surface area contributed by atoms with E-state index in [0.717, 1.165) is 36.4 Å². The maximum atomic E-state index is 12.3. The summed E-state index contributed by atoms with van der Waals surface area (Å²) < 4.78 is 5.49. The molecule has 1 saturated heterocycles. The lowest BCUT2D eigenvalue weighted by Gasteiger charge is -2.32. The largest absolute Gasteiger partial charge is 0.444 e. The molecule has 1 N–H and O–H groups in total.